The molecule has 0 unspecified atom stereocenters. The number of rotatable bonds is 6. The van der Waals surface area contributed by atoms with Gasteiger partial charge in [-0.25, -0.2) is 4.98 Å². The van der Waals surface area contributed by atoms with Gasteiger partial charge in [-0.3, -0.25) is 0 Å². The second-order valence-corrected chi connectivity index (χ2v) is 7.07. The second kappa shape index (κ2) is 7.33. The normalized spacial score (nSPS) is 14.0. The first-order valence-corrected chi connectivity index (χ1v) is 9.48. The number of nitrogens with zero attached hydrogens (tertiary/aromatic N) is 1. The lowest BCUT2D eigenvalue weighted by Crippen LogP contribution is -2.01. The third-order valence-electron chi connectivity index (χ3n) is 4.36. The van der Waals surface area contributed by atoms with Crippen molar-refractivity contribution in [3.05, 3.63) is 64.8 Å². The molecule has 0 saturated carbocycles. The summed E-state index contributed by atoms with van der Waals surface area (Å²) in [5, 5.41) is 12.3. The first-order chi connectivity index (χ1) is 12.3. The molecule has 5 heteroatoms. The van der Waals surface area contributed by atoms with E-state index in [1.54, 1.807) is 0 Å². The van der Waals surface area contributed by atoms with Crippen LogP contribution in [0, 0.1) is 0 Å². The molecule has 25 heavy (non-hydrogen) atoms. The summed E-state index contributed by atoms with van der Waals surface area (Å²) >= 11 is 1.87. The minimum atomic E-state index is 0.0231. The number of aromatic amines is 1. The Balaban J connectivity index is 1.62. The number of hydrogen-bond acceptors (Lipinski definition) is 4. The molecule has 0 amide bonds. The highest BCUT2D eigenvalue weighted by Gasteiger charge is 2.12. The first kappa shape index (κ1) is 16.2. The van der Waals surface area contributed by atoms with Gasteiger partial charge in [0, 0.05) is 23.5 Å². The maximum absolute atomic E-state index is 8.90. The van der Waals surface area contributed by atoms with Gasteiger partial charge >= 0.3 is 0 Å². The minimum Gasteiger partial charge on any atom is -0.491 e. The number of hydrogen-bond donors (Lipinski definition) is 2. The Labute approximate surface area is 150 Å². The molecule has 3 aromatic rings. The number of thioether (sulfide) groups is 1. The zero-order valence-corrected chi connectivity index (χ0v) is 14.7. The van der Waals surface area contributed by atoms with Crippen molar-refractivity contribution in [2.75, 3.05) is 19.0 Å². The molecule has 2 aromatic heterocycles. The van der Waals surface area contributed by atoms with E-state index in [0.717, 1.165) is 30.0 Å². The van der Waals surface area contributed by atoms with Crippen molar-refractivity contribution in [1.82, 2.24) is 9.97 Å². The monoisotopic (exact) mass is 352 g/mol. The van der Waals surface area contributed by atoms with E-state index in [4.69, 9.17) is 9.84 Å². The average Bonchev–Trinajstić information content (AvgIpc) is 3.30. The van der Waals surface area contributed by atoms with Gasteiger partial charge in [-0.15, -0.1) is 11.8 Å². The molecule has 1 aromatic carbocycles. The van der Waals surface area contributed by atoms with Gasteiger partial charge in [-0.05, 0) is 58.7 Å². The lowest BCUT2D eigenvalue weighted by Gasteiger charge is -2.07. The van der Waals surface area contributed by atoms with E-state index in [2.05, 4.69) is 27.5 Å². The van der Waals surface area contributed by atoms with E-state index in [-0.39, 0.29) is 6.61 Å². The smallest absolute Gasteiger partial charge is 0.137 e. The molecule has 0 bridgehead atoms. The number of fused-ring (bicyclic) bond motifs is 1. The quantitative estimate of drug-likeness (QED) is 0.704. The standard InChI is InChI=1S/C20H20N2O2S/c23-5-6-24-18-3-1-2-14(9-18)8-17-12-22-20-19(17)10-16(11-21-20)15-4-7-25-13-15/h1-3,9-13,23H,4-8H2,(H,21,22). The van der Waals surface area contributed by atoms with Crippen molar-refractivity contribution < 1.29 is 9.84 Å². The van der Waals surface area contributed by atoms with E-state index in [1.165, 1.54) is 27.6 Å². The van der Waals surface area contributed by atoms with Crippen LogP contribution in [0.2, 0.25) is 0 Å². The number of benzene rings is 1. The Morgan fingerprint density at radius 1 is 1.28 bits per heavy atom. The largest absolute Gasteiger partial charge is 0.491 e. The van der Waals surface area contributed by atoms with Crippen molar-refractivity contribution >= 4 is 28.4 Å². The van der Waals surface area contributed by atoms with Gasteiger partial charge in [0.2, 0.25) is 0 Å². The summed E-state index contributed by atoms with van der Waals surface area (Å²) in [5.74, 6) is 1.95. The van der Waals surface area contributed by atoms with Crippen molar-refractivity contribution in [2.24, 2.45) is 0 Å². The molecule has 0 aliphatic carbocycles. The predicted molar refractivity (Wildman–Crippen MR) is 103 cm³/mol. The van der Waals surface area contributed by atoms with Crippen LogP contribution in [0.5, 0.6) is 5.75 Å². The van der Waals surface area contributed by atoms with Crippen molar-refractivity contribution in [1.29, 1.82) is 0 Å². The van der Waals surface area contributed by atoms with E-state index in [0.29, 0.717) is 6.61 Å². The number of ether oxygens (including phenoxy) is 1. The molecular formula is C20H20N2O2S. The van der Waals surface area contributed by atoms with E-state index in [9.17, 15) is 0 Å². The van der Waals surface area contributed by atoms with Crippen LogP contribution >= 0.6 is 11.8 Å². The van der Waals surface area contributed by atoms with Gasteiger partial charge < -0.3 is 14.8 Å². The second-order valence-electron chi connectivity index (χ2n) is 6.09. The SMILES string of the molecule is OCCOc1cccc(Cc2c[nH]c3ncc(C4=CSCC4)cc23)c1. The molecule has 4 nitrogen and oxygen atoms in total. The number of aliphatic hydroxyl groups excluding tert-OH is 1. The molecule has 0 radical (unpaired) electrons. The van der Waals surface area contributed by atoms with Crippen molar-refractivity contribution in [3.63, 3.8) is 0 Å². The summed E-state index contributed by atoms with van der Waals surface area (Å²) in [6.45, 7) is 0.339. The van der Waals surface area contributed by atoms with Crippen molar-refractivity contribution in [2.45, 2.75) is 12.8 Å². The van der Waals surface area contributed by atoms with Crippen LogP contribution in [0.1, 0.15) is 23.1 Å². The van der Waals surface area contributed by atoms with Gasteiger partial charge in [-0.1, -0.05) is 12.1 Å². The molecule has 1 aliphatic heterocycles. The average molecular weight is 352 g/mol. The summed E-state index contributed by atoms with van der Waals surface area (Å²) in [7, 11) is 0. The summed E-state index contributed by atoms with van der Waals surface area (Å²) in [6, 6.07) is 10.3. The summed E-state index contributed by atoms with van der Waals surface area (Å²) in [5.41, 5.74) is 5.94. The molecule has 128 valence electrons. The third kappa shape index (κ3) is 3.57. The fourth-order valence-corrected chi connectivity index (χ4v) is 4.02. The third-order valence-corrected chi connectivity index (χ3v) is 5.25. The number of nitrogens with one attached hydrogen (secondary N) is 1. The fraction of sp³-hybridized carbons (Fsp3) is 0.250. The minimum absolute atomic E-state index is 0.0231. The first-order valence-electron chi connectivity index (χ1n) is 8.43. The summed E-state index contributed by atoms with van der Waals surface area (Å²) in [6.07, 6.45) is 5.93. The van der Waals surface area contributed by atoms with Crippen LogP contribution < -0.4 is 4.74 Å². The number of H-pyrrole nitrogens is 1. The maximum Gasteiger partial charge on any atom is 0.137 e. The molecule has 0 spiro atoms. The van der Waals surface area contributed by atoms with Crippen LogP contribution in [-0.2, 0) is 6.42 Å². The highest BCUT2D eigenvalue weighted by molar-refractivity contribution is 8.02. The molecule has 0 atom stereocenters. The number of pyridine rings is 1. The lowest BCUT2D eigenvalue weighted by atomic mass is 10.0. The van der Waals surface area contributed by atoms with Crippen LogP contribution in [-0.4, -0.2) is 34.0 Å². The van der Waals surface area contributed by atoms with Crippen LogP contribution in [0.15, 0.2) is 48.1 Å². The Hall–Kier alpha value is -2.24. The topological polar surface area (TPSA) is 58.1 Å². The Morgan fingerprint density at radius 2 is 2.24 bits per heavy atom. The maximum atomic E-state index is 8.90. The predicted octanol–water partition coefficient (Wildman–Crippen LogP) is 4.00. The highest BCUT2D eigenvalue weighted by atomic mass is 32.2. The van der Waals surface area contributed by atoms with E-state index < -0.39 is 0 Å². The molecule has 1 aliphatic rings. The van der Waals surface area contributed by atoms with Gasteiger partial charge in [0.15, 0.2) is 0 Å². The zero-order chi connectivity index (χ0) is 17.1. The van der Waals surface area contributed by atoms with Gasteiger partial charge in [0.1, 0.15) is 18.0 Å². The van der Waals surface area contributed by atoms with Crippen LogP contribution in [0.3, 0.4) is 0 Å². The van der Waals surface area contributed by atoms with Gasteiger partial charge in [0.05, 0.1) is 6.61 Å². The van der Waals surface area contributed by atoms with Gasteiger partial charge in [-0.2, -0.15) is 0 Å². The fourth-order valence-electron chi connectivity index (χ4n) is 3.11. The zero-order valence-electron chi connectivity index (χ0n) is 13.9. The molecular weight excluding hydrogens is 332 g/mol. The summed E-state index contributed by atoms with van der Waals surface area (Å²) in [4.78, 5) is 7.86. The molecule has 2 N–H and O–H groups in total. The molecule has 4 rings (SSSR count). The van der Waals surface area contributed by atoms with E-state index in [1.807, 2.05) is 42.4 Å². The van der Waals surface area contributed by atoms with Crippen LogP contribution in [0.4, 0.5) is 0 Å². The van der Waals surface area contributed by atoms with Crippen molar-refractivity contribution in [3.8, 4) is 5.75 Å². The molecule has 0 saturated heterocycles. The highest BCUT2D eigenvalue weighted by Crippen LogP contribution is 2.32. The lowest BCUT2D eigenvalue weighted by molar-refractivity contribution is 0.201. The Morgan fingerprint density at radius 3 is 3.08 bits per heavy atom. The van der Waals surface area contributed by atoms with E-state index >= 15 is 0 Å². The Bertz CT molecular complexity index is 917. The number of allylic oxidation sites excluding steroid dienone is 1. The molecule has 3 heterocycles. The van der Waals surface area contributed by atoms with Gasteiger partial charge in [0.25, 0.3) is 0 Å². The number of aromatic nitrogens is 2. The number of aliphatic hydroxyl groups is 1. The summed E-state index contributed by atoms with van der Waals surface area (Å²) < 4.78 is 5.51. The Kier molecular flexibility index (Phi) is 4.76. The molecule has 0 fully saturated rings. The van der Waals surface area contributed by atoms with Crippen LogP contribution in [0.25, 0.3) is 16.6 Å².